The second-order valence-electron chi connectivity index (χ2n) is 4.57. The average molecular weight is 319 g/mol. The summed E-state index contributed by atoms with van der Waals surface area (Å²) in [5.41, 5.74) is 1.48. The molecule has 2 N–H and O–H groups in total. The third-order valence-corrected chi connectivity index (χ3v) is 4.00. The fraction of sp³-hybridized carbons (Fsp3) is 0.462. The van der Waals surface area contributed by atoms with Crippen LogP contribution in [0.25, 0.3) is 0 Å². The Labute approximate surface area is 123 Å². The highest BCUT2D eigenvalue weighted by molar-refractivity contribution is 7.90. The van der Waals surface area contributed by atoms with Gasteiger partial charge in [0.05, 0.1) is 11.4 Å². The Morgan fingerprint density at radius 3 is 2.48 bits per heavy atom. The fourth-order valence-corrected chi connectivity index (χ4v) is 2.78. The minimum Gasteiger partial charge on any atom is -0.352 e. The number of aryl methyl sites for hydroxylation is 1. The lowest BCUT2D eigenvalue weighted by atomic mass is 10.1. The van der Waals surface area contributed by atoms with Crippen LogP contribution in [0, 0.1) is 6.92 Å². The molecule has 0 fully saturated rings. The summed E-state index contributed by atoms with van der Waals surface area (Å²) in [6, 6.07) is 4.96. The number of sulfone groups is 1. The maximum Gasteiger partial charge on any atom is 0.255 e. The molecule has 5 nitrogen and oxygen atoms in total. The van der Waals surface area contributed by atoms with E-state index in [1.54, 1.807) is 19.1 Å². The summed E-state index contributed by atoms with van der Waals surface area (Å²) in [7, 11) is -1.76. The molecule has 21 heavy (non-hydrogen) atoms. The number of hydrogen-bond donors (Lipinski definition) is 2. The van der Waals surface area contributed by atoms with Gasteiger partial charge in [0, 0.05) is 19.8 Å². The van der Waals surface area contributed by atoms with Crippen LogP contribution in [0.2, 0.25) is 0 Å². The molecule has 0 aliphatic carbocycles. The molecule has 0 aromatic heterocycles. The highest BCUT2D eigenvalue weighted by atomic mass is 32.2. The first-order valence-electron chi connectivity index (χ1n) is 6.26. The van der Waals surface area contributed by atoms with E-state index in [1.165, 1.54) is 13.1 Å². The zero-order chi connectivity index (χ0) is 16.0. The number of aliphatic imine (C=N–C) groups is 1. The van der Waals surface area contributed by atoms with Crippen molar-refractivity contribution in [2.75, 3.05) is 19.8 Å². The number of hydrogen-bond acceptors (Lipinski definition) is 3. The smallest absolute Gasteiger partial charge is 0.255 e. The molecule has 0 aliphatic heterocycles. The van der Waals surface area contributed by atoms with E-state index in [1.807, 2.05) is 0 Å². The quantitative estimate of drug-likeness (QED) is 0.634. The maximum atomic E-state index is 12.1. The summed E-state index contributed by atoms with van der Waals surface area (Å²) in [5, 5.41) is 5.36. The van der Waals surface area contributed by atoms with Crippen molar-refractivity contribution >= 4 is 15.8 Å². The van der Waals surface area contributed by atoms with Crippen molar-refractivity contribution < 1.29 is 17.2 Å². The van der Waals surface area contributed by atoms with Crippen molar-refractivity contribution in [1.29, 1.82) is 0 Å². The minimum atomic E-state index is -3.24. The molecule has 1 rings (SSSR count). The lowest BCUT2D eigenvalue weighted by molar-refractivity contribution is 0.152. The molecule has 0 saturated carbocycles. The largest absolute Gasteiger partial charge is 0.352 e. The van der Waals surface area contributed by atoms with Gasteiger partial charge in [-0.05, 0) is 24.1 Å². The Kier molecular flexibility index (Phi) is 6.07. The molecular formula is C13H19F2N3O2S. The van der Waals surface area contributed by atoms with Crippen molar-refractivity contribution in [2.24, 2.45) is 4.99 Å². The Bertz CT molecular complexity index is 616. The number of nitrogens with zero attached hydrogens (tertiary/aromatic N) is 1. The first-order valence-corrected chi connectivity index (χ1v) is 8.15. The second kappa shape index (κ2) is 7.35. The van der Waals surface area contributed by atoms with Crippen LogP contribution in [0.15, 0.2) is 28.1 Å². The fourth-order valence-electron chi connectivity index (χ4n) is 1.82. The average Bonchev–Trinajstić information content (AvgIpc) is 2.37. The number of alkyl halides is 2. The van der Waals surface area contributed by atoms with Crippen LogP contribution in [0.3, 0.4) is 0 Å². The van der Waals surface area contributed by atoms with Crippen molar-refractivity contribution in [3.63, 3.8) is 0 Å². The summed E-state index contributed by atoms with van der Waals surface area (Å²) in [6.45, 7) is 1.59. The Morgan fingerprint density at radius 2 is 2.00 bits per heavy atom. The van der Waals surface area contributed by atoms with Crippen LogP contribution < -0.4 is 10.6 Å². The van der Waals surface area contributed by atoms with Gasteiger partial charge in [0.1, 0.15) is 0 Å². The van der Waals surface area contributed by atoms with Gasteiger partial charge in [0.15, 0.2) is 15.8 Å². The SMILES string of the molecule is CN=C(NCc1ccc(S(C)(=O)=O)c(C)c1)NCC(F)F. The van der Waals surface area contributed by atoms with E-state index in [0.29, 0.717) is 12.1 Å². The Hall–Kier alpha value is -1.70. The summed E-state index contributed by atoms with van der Waals surface area (Å²) in [4.78, 5) is 4.10. The third kappa shape index (κ3) is 5.66. The predicted octanol–water partition coefficient (Wildman–Crippen LogP) is 1.33. The highest BCUT2D eigenvalue weighted by Crippen LogP contribution is 2.16. The molecule has 1 aromatic carbocycles. The van der Waals surface area contributed by atoms with E-state index in [2.05, 4.69) is 15.6 Å². The topological polar surface area (TPSA) is 70.6 Å². The van der Waals surface area contributed by atoms with Crippen LogP contribution in [-0.2, 0) is 16.4 Å². The van der Waals surface area contributed by atoms with Gasteiger partial charge in [0.25, 0.3) is 6.43 Å². The lowest BCUT2D eigenvalue weighted by Gasteiger charge is -2.12. The van der Waals surface area contributed by atoms with Crippen LogP contribution in [0.1, 0.15) is 11.1 Å². The molecule has 0 radical (unpaired) electrons. The van der Waals surface area contributed by atoms with Crippen LogP contribution in [0.4, 0.5) is 8.78 Å². The minimum absolute atomic E-state index is 0.264. The number of rotatable bonds is 5. The summed E-state index contributed by atoms with van der Waals surface area (Å²) >= 11 is 0. The summed E-state index contributed by atoms with van der Waals surface area (Å²) in [6.07, 6.45) is -1.30. The molecule has 1 aromatic rings. The molecule has 0 amide bonds. The van der Waals surface area contributed by atoms with Crippen LogP contribution in [0.5, 0.6) is 0 Å². The number of benzene rings is 1. The van der Waals surface area contributed by atoms with E-state index in [0.717, 1.165) is 11.8 Å². The van der Waals surface area contributed by atoms with E-state index in [-0.39, 0.29) is 10.9 Å². The summed E-state index contributed by atoms with van der Waals surface area (Å²) < 4.78 is 47.2. The molecule has 8 heteroatoms. The first kappa shape index (κ1) is 17.4. The zero-order valence-corrected chi connectivity index (χ0v) is 13.0. The van der Waals surface area contributed by atoms with E-state index < -0.39 is 22.8 Å². The van der Waals surface area contributed by atoms with Gasteiger partial charge in [-0.25, -0.2) is 17.2 Å². The van der Waals surface area contributed by atoms with Gasteiger partial charge in [-0.2, -0.15) is 0 Å². The molecule has 118 valence electrons. The third-order valence-electron chi connectivity index (χ3n) is 2.75. The van der Waals surface area contributed by atoms with Crippen molar-refractivity contribution in [2.45, 2.75) is 24.8 Å². The number of nitrogens with one attached hydrogen (secondary N) is 2. The normalized spacial score (nSPS) is 12.6. The van der Waals surface area contributed by atoms with Gasteiger partial charge in [-0.1, -0.05) is 12.1 Å². The van der Waals surface area contributed by atoms with Crippen molar-refractivity contribution in [3.05, 3.63) is 29.3 Å². The van der Waals surface area contributed by atoms with Gasteiger partial charge in [0.2, 0.25) is 0 Å². The van der Waals surface area contributed by atoms with Gasteiger partial charge < -0.3 is 10.6 Å². The first-order chi connectivity index (χ1) is 9.74. The van der Waals surface area contributed by atoms with Crippen molar-refractivity contribution in [1.82, 2.24) is 10.6 Å². The molecule has 0 spiro atoms. The molecular weight excluding hydrogens is 300 g/mol. The summed E-state index contributed by atoms with van der Waals surface area (Å²) in [5.74, 6) is 0.264. The lowest BCUT2D eigenvalue weighted by Crippen LogP contribution is -2.39. The van der Waals surface area contributed by atoms with Crippen LogP contribution >= 0.6 is 0 Å². The van der Waals surface area contributed by atoms with Gasteiger partial charge >= 0.3 is 0 Å². The highest BCUT2D eigenvalue weighted by Gasteiger charge is 2.11. The van der Waals surface area contributed by atoms with E-state index >= 15 is 0 Å². The number of halogens is 2. The number of guanidine groups is 1. The van der Waals surface area contributed by atoms with Gasteiger partial charge in [-0.3, -0.25) is 4.99 Å². The monoisotopic (exact) mass is 319 g/mol. The molecule has 0 bridgehead atoms. The Balaban J connectivity index is 2.70. The second-order valence-corrected chi connectivity index (χ2v) is 6.55. The predicted molar refractivity (Wildman–Crippen MR) is 78.5 cm³/mol. The molecule has 0 atom stereocenters. The van der Waals surface area contributed by atoms with E-state index in [4.69, 9.17) is 0 Å². The standard InChI is InChI=1S/C13H19F2N3O2S/c1-9-6-10(4-5-11(9)21(3,19)20)7-17-13(16-2)18-8-12(14)15/h4-6,12H,7-8H2,1-3H3,(H2,16,17,18). The molecule has 0 aliphatic rings. The zero-order valence-electron chi connectivity index (χ0n) is 12.2. The Morgan fingerprint density at radius 1 is 1.33 bits per heavy atom. The van der Waals surface area contributed by atoms with Crippen molar-refractivity contribution in [3.8, 4) is 0 Å². The van der Waals surface area contributed by atoms with Gasteiger partial charge in [-0.15, -0.1) is 0 Å². The van der Waals surface area contributed by atoms with Crippen LogP contribution in [-0.4, -0.2) is 40.7 Å². The molecule has 0 saturated heterocycles. The molecule has 0 heterocycles. The maximum absolute atomic E-state index is 12.1. The molecule has 0 unspecified atom stereocenters. The van der Waals surface area contributed by atoms with E-state index in [9.17, 15) is 17.2 Å².